The molecule has 172 valence electrons. The van der Waals surface area contributed by atoms with E-state index in [4.69, 9.17) is 21.1 Å². The van der Waals surface area contributed by atoms with Crippen LogP contribution >= 0.6 is 35.3 Å². The summed E-state index contributed by atoms with van der Waals surface area (Å²) in [4.78, 5) is 22.0. The molecule has 0 radical (unpaired) electrons. The lowest BCUT2D eigenvalue weighted by molar-refractivity contribution is 0.0376. The molecule has 1 aliphatic heterocycles. The number of halogens is 3. The van der Waals surface area contributed by atoms with Gasteiger partial charge in [0.25, 0.3) is 5.91 Å². The predicted octanol–water partition coefficient (Wildman–Crippen LogP) is 4.89. The van der Waals surface area contributed by atoms with Gasteiger partial charge in [-0.3, -0.25) is 14.6 Å². The number of methoxy groups -OCH3 is 1. The van der Waals surface area contributed by atoms with E-state index in [1.54, 1.807) is 12.0 Å². The average Bonchev–Trinajstić information content (AvgIpc) is 3.20. The Bertz CT molecular complexity index is 1080. The molecule has 32 heavy (non-hydrogen) atoms. The van der Waals surface area contributed by atoms with Crippen LogP contribution in [0.4, 0.5) is 9.52 Å². The Balaban J connectivity index is 0.00000289. The molecule has 0 saturated carbocycles. The number of hydrogen-bond acceptors (Lipinski definition) is 6. The summed E-state index contributed by atoms with van der Waals surface area (Å²) in [5.41, 5.74) is 1.04. The van der Waals surface area contributed by atoms with Crippen molar-refractivity contribution in [2.75, 3.05) is 51.4 Å². The molecule has 1 aliphatic rings. The summed E-state index contributed by atoms with van der Waals surface area (Å²) in [6.07, 6.45) is 0.768. The van der Waals surface area contributed by atoms with Crippen LogP contribution in [0.2, 0.25) is 5.02 Å². The zero-order valence-corrected chi connectivity index (χ0v) is 19.9. The number of morpholine rings is 1. The highest BCUT2D eigenvalue weighted by atomic mass is 35.5. The van der Waals surface area contributed by atoms with E-state index in [9.17, 15) is 9.18 Å². The third-order valence-electron chi connectivity index (χ3n) is 5.18. The van der Waals surface area contributed by atoms with Gasteiger partial charge in [0.1, 0.15) is 11.6 Å². The Morgan fingerprint density at radius 1 is 1.28 bits per heavy atom. The number of carbonyl (C=O) groups is 1. The second-order valence-electron chi connectivity index (χ2n) is 7.22. The molecule has 6 nitrogen and oxygen atoms in total. The van der Waals surface area contributed by atoms with Crippen LogP contribution < -0.4 is 9.64 Å². The van der Waals surface area contributed by atoms with Gasteiger partial charge < -0.3 is 9.47 Å². The van der Waals surface area contributed by atoms with Gasteiger partial charge in [-0.25, -0.2) is 9.37 Å². The minimum atomic E-state index is -0.479. The maximum atomic E-state index is 13.5. The number of hydrogen-bond donors (Lipinski definition) is 0. The summed E-state index contributed by atoms with van der Waals surface area (Å²) in [6, 6.07) is 9.43. The number of fused-ring (bicyclic) bond motifs is 1. The van der Waals surface area contributed by atoms with Gasteiger partial charge in [-0.15, -0.1) is 12.4 Å². The molecule has 1 amide bonds. The standard InChI is InChI=1S/C22H23ClFN3O3S.ClH/c1-29-16-4-6-19-20(14-16)31-22(25-19)27(8-2-7-26-9-11-30-12-10-26)21(28)17-5-3-15(24)13-18(17)23;/h3-6,13-14H,2,7-12H2,1H3;1H. The first-order valence-electron chi connectivity index (χ1n) is 10.1. The Labute approximate surface area is 201 Å². The first kappa shape index (κ1) is 24.7. The summed E-state index contributed by atoms with van der Waals surface area (Å²) in [5.74, 6) is -0.0417. The van der Waals surface area contributed by atoms with E-state index in [1.807, 2.05) is 18.2 Å². The van der Waals surface area contributed by atoms with Crippen molar-refractivity contribution in [3.05, 3.63) is 52.8 Å². The Morgan fingerprint density at radius 3 is 2.78 bits per heavy atom. The molecule has 0 atom stereocenters. The SMILES string of the molecule is COc1ccc2nc(N(CCCN3CCOCC3)C(=O)c3ccc(F)cc3Cl)sc2c1.Cl. The lowest BCUT2D eigenvalue weighted by atomic mass is 10.2. The van der Waals surface area contributed by atoms with Crippen molar-refractivity contribution in [2.24, 2.45) is 0 Å². The first-order chi connectivity index (χ1) is 15.0. The molecular weight excluding hydrogens is 476 g/mol. The van der Waals surface area contributed by atoms with Crippen molar-refractivity contribution < 1.29 is 18.7 Å². The van der Waals surface area contributed by atoms with Crippen molar-refractivity contribution in [3.63, 3.8) is 0 Å². The average molecular weight is 500 g/mol. The number of aromatic nitrogens is 1. The molecule has 0 bridgehead atoms. The predicted molar refractivity (Wildman–Crippen MR) is 128 cm³/mol. The van der Waals surface area contributed by atoms with Gasteiger partial charge in [0, 0.05) is 26.2 Å². The van der Waals surface area contributed by atoms with Crippen LogP contribution in [-0.2, 0) is 4.74 Å². The third kappa shape index (κ3) is 5.68. The van der Waals surface area contributed by atoms with Gasteiger partial charge in [0.2, 0.25) is 0 Å². The zero-order chi connectivity index (χ0) is 21.8. The van der Waals surface area contributed by atoms with E-state index >= 15 is 0 Å². The fraction of sp³-hybridized carbons (Fsp3) is 0.364. The second kappa shape index (κ2) is 11.2. The molecule has 10 heteroatoms. The number of amides is 1. The Kier molecular flexibility index (Phi) is 8.67. The molecule has 0 spiro atoms. The van der Waals surface area contributed by atoms with Gasteiger partial charge in [-0.2, -0.15) is 0 Å². The summed E-state index contributed by atoms with van der Waals surface area (Å²) in [7, 11) is 1.61. The van der Waals surface area contributed by atoms with Gasteiger partial charge in [-0.05, 0) is 42.8 Å². The minimum absolute atomic E-state index is 0. The normalized spacial score (nSPS) is 14.2. The van der Waals surface area contributed by atoms with Crippen molar-refractivity contribution in [3.8, 4) is 5.75 Å². The highest BCUT2D eigenvalue weighted by Gasteiger charge is 2.24. The second-order valence-corrected chi connectivity index (χ2v) is 8.63. The fourth-order valence-electron chi connectivity index (χ4n) is 3.50. The highest BCUT2D eigenvalue weighted by Crippen LogP contribution is 2.33. The van der Waals surface area contributed by atoms with Crippen molar-refractivity contribution in [1.29, 1.82) is 0 Å². The molecule has 3 aromatic rings. The summed E-state index contributed by atoms with van der Waals surface area (Å²) in [6.45, 7) is 4.56. The van der Waals surface area contributed by atoms with Crippen LogP contribution in [0.5, 0.6) is 5.75 Å². The number of benzene rings is 2. The van der Waals surface area contributed by atoms with Crippen LogP contribution in [0.3, 0.4) is 0 Å². The molecule has 0 unspecified atom stereocenters. The molecule has 2 heterocycles. The van der Waals surface area contributed by atoms with Crippen LogP contribution in [0.25, 0.3) is 10.2 Å². The molecule has 1 fully saturated rings. The fourth-order valence-corrected chi connectivity index (χ4v) is 4.77. The quantitative estimate of drug-likeness (QED) is 0.463. The minimum Gasteiger partial charge on any atom is -0.497 e. The van der Waals surface area contributed by atoms with Crippen molar-refractivity contribution >= 4 is 56.6 Å². The smallest absolute Gasteiger partial charge is 0.261 e. The van der Waals surface area contributed by atoms with Crippen molar-refractivity contribution in [2.45, 2.75) is 6.42 Å². The molecule has 0 N–H and O–H groups in total. The van der Waals surface area contributed by atoms with Gasteiger partial charge in [0.15, 0.2) is 5.13 Å². The van der Waals surface area contributed by atoms with Gasteiger partial charge >= 0.3 is 0 Å². The van der Waals surface area contributed by atoms with E-state index in [-0.39, 0.29) is 28.9 Å². The Hall–Kier alpha value is -1.97. The number of rotatable bonds is 7. The number of ether oxygens (including phenoxy) is 2. The molecule has 0 aliphatic carbocycles. The number of carbonyl (C=O) groups excluding carboxylic acids is 1. The third-order valence-corrected chi connectivity index (χ3v) is 6.54. The van der Waals surface area contributed by atoms with E-state index in [1.165, 1.54) is 23.5 Å². The molecular formula is C22H24Cl2FN3O3S. The summed E-state index contributed by atoms with van der Waals surface area (Å²) >= 11 is 7.60. The van der Waals surface area contributed by atoms with E-state index in [2.05, 4.69) is 9.88 Å². The van der Waals surface area contributed by atoms with Crippen LogP contribution in [0, 0.1) is 5.82 Å². The van der Waals surface area contributed by atoms with Crippen LogP contribution in [-0.4, -0.2) is 62.3 Å². The first-order valence-corrected chi connectivity index (χ1v) is 11.3. The van der Waals surface area contributed by atoms with Crippen LogP contribution in [0.15, 0.2) is 36.4 Å². The van der Waals surface area contributed by atoms with Crippen molar-refractivity contribution in [1.82, 2.24) is 9.88 Å². The molecule has 1 saturated heterocycles. The number of anilines is 1. The summed E-state index contributed by atoms with van der Waals surface area (Å²) < 4.78 is 25.1. The summed E-state index contributed by atoms with van der Waals surface area (Å²) in [5, 5.41) is 0.668. The molecule has 1 aromatic heterocycles. The maximum absolute atomic E-state index is 13.5. The van der Waals surface area contributed by atoms with E-state index < -0.39 is 5.82 Å². The number of nitrogens with zero attached hydrogens (tertiary/aromatic N) is 3. The largest absolute Gasteiger partial charge is 0.497 e. The topological polar surface area (TPSA) is 54.9 Å². The van der Waals surface area contributed by atoms with Gasteiger partial charge in [0.05, 0.1) is 41.1 Å². The van der Waals surface area contributed by atoms with E-state index in [0.29, 0.717) is 11.7 Å². The van der Waals surface area contributed by atoms with Crippen LogP contribution in [0.1, 0.15) is 16.8 Å². The lowest BCUT2D eigenvalue weighted by Crippen LogP contribution is -2.39. The number of thiazole rings is 1. The molecule has 4 rings (SSSR count). The lowest BCUT2D eigenvalue weighted by Gasteiger charge is -2.27. The Morgan fingerprint density at radius 2 is 2.06 bits per heavy atom. The van der Waals surface area contributed by atoms with Gasteiger partial charge in [-0.1, -0.05) is 22.9 Å². The molecule has 2 aromatic carbocycles. The highest BCUT2D eigenvalue weighted by molar-refractivity contribution is 7.22. The monoisotopic (exact) mass is 499 g/mol. The maximum Gasteiger partial charge on any atom is 0.261 e. The zero-order valence-electron chi connectivity index (χ0n) is 17.6. The van der Waals surface area contributed by atoms with E-state index in [0.717, 1.165) is 61.3 Å².